The Hall–Kier alpha value is -2.57. The molecule has 2 aliphatic rings. The molecule has 1 heterocycles. The largest absolute Gasteiger partial charge is 0.450 e. The van der Waals surface area contributed by atoms with Crippen LogP contribution in [0.25, 0.3) is 0 Å². The van der Waals surface area contributed by atoms with Gasteiger partial charge in [-0.15, -0.1) is 0 Å². The maximum absolute atomic E-state index is 12.9. The van der Waals surface area contributed by atoms with E-state index in [0.717, 1.165) is 12.0 Å². The second-order valence-electron chi connectivity index (χ2n) is 7.05. The fraction of sp³-hybridized carbons (Fsp3) is 0.550. The number of ether oxygens (including phenoxy) is 1. The summed E-state index contributed by atoms with van der Waals surface area (Å²) in [6.07, 6.45) is 1.60. The third kappa shape index (κ3) is 4.40. The zero-order valence-corrected chi connectivity index (χ0v) is 15.8. The van der Waals surface area contributed by atoms with E-state index >= 15 is 0 Å². The van der Waals surface area contributed by atoms with Gasteiger partial charge in [0.1, 0.15) is 5.41 Å². The van der Waals surface area contributed by atoms with Crippen molar-refractivity contribution in [2.45, 2.75) is 26.2 Å². The summed E-state index contributed by atoms with van der Waals surface area (Å²) in [4.78, 5) is 40.6. The van der Waals surface area contributed by atoms with Crippen LogP contribution < -0.4 is 5.32 Å². The van der Waals surface area contributed by atoms with Crippen LogP contribution in [0.4, 0.5) is 4.79 Å². The Kier molecular flexibility index (Phi) is 5.98. The highest BCUT2D eigenvalue weighted by molar-refractivity contribution is 6.07. The lowest BCUT2D eigenvalue weighted by Gasteiger charge is -2.35. The fourth-order valence-electron chi connectivity index (χ4n) is 3.41. The van der Waals surface area contributed by atoms with Crippen molar-refractivity contribution in [1.82, 2.24) is 15.1 Å². The first kappa shape index (κ1) is 19.2. The van der Waals surface area contributed by atoms with Gasteiger partial charge in [0.05, 0.1) is 6.61 Å². The van der Waals surface area contributed by atoms with Gasteiger partial charge < -0.3 is 19.9 Å². The molecule has 0 atom stereocenters. The predicted molar refractivity (Wildman–Crippen MR) is 100.0 cm³/mol. The molecule has 0 bridgehead atoms. The number of carbonyl (C=O) groups excluding carboxylic acids is 3. The van der Waals surface area contributed by atoms with Crippen LogP contribution in [-0.2, 0) is 20.7 Å². The fourth-order valence-corrected chi connectivity index (χ4v) is 3.41. The van der Waals surface area contributed by atoms with Gasteiger partial charge >= 0.3 is 6.09 Å². The van der Waals surface area contributed by atoms with Gasteiger partial charge in [0.25, 0.3) is 0 Å². The normalized spacial score (nSPS) is 18.0. The number of amides is 3. The van der Waals surface area contributed by atoms with Crippen molar-refractivity contribution in [2.24, 2.45) is 5.41 Å². The molecule has 1 N–H and O–H groups in total. The summed E-state index contributed by atoms with van der Waals surface area (Å²) >= 11 is 0. The van der Waals surface area contributed by atoms with Crippen LogP contribution in [0.2, 0.25) is 0 Å². The van der Waals surface area contributed by atoms with Gasteiger partial charge in [-0.25, -0.2) is 4.79 Å². The van der Waals surface area contributed by atoms with Crippen LogP contribution in [0.5, 0.6) is 0 Å². The van der Waals surface area contributed by atoms with E-state index < -0.39 is 5.41 Å². The zero-order valence-electron chi connectivity index (χ0n) is 15.8. The van der Waals surface area contributed by atoms with E-state index in [2.05, 4.69) is 5.32 Å². The summed E-state index contributed by atoms with van der Waals surface area (Å²) in [5.41, 5.74) is 0.257. The smallest absolute Gasteiger partial charge is 0.409 e. The molecule has 1 saturated carbocycles. The number of nitrogens with zero attached hydrogens (tertiary/aromatic N) is 2. The van der Waals surface area contributed by atoms with Crippen LogP contribution in [0.3, 0.4) is 0 Å². The molecule has 7 nitrogen and oxygen atoms in total. The molecule has 0 spiro atoms. The Morgan fingerprint density at radius 2 is 1.67 bits per heavy atom. The summed E-state index contributed by atoms with van der Waals surface area (Å²) in [5.74, 6) is -0.278. The van der Waals surface area contributed by atoms with E-state index in [1.807, 2.05) is 30.3 Å². The summed E-state index contributed by atoms with van der Waals surface area (Å²) < 4.78 is 5.00. The summed E-state index contributed by atoms with van der Waals surface area (Å²) in [6.45, 7) is 4.39. The molecular weight excluding hydrogens is 346 g/mol. The first-order valence-corrected chi connectivity index (χ1v) is 9.60. The van der Waals surface area contributed by atoms with Crippen LogP contribution in [0, 0.1) is 5.41 Å². The monoisotopic (exact) mass is 373 g/mol. The van der Waals surface area contributed by atoms with Crippen molar-refractivity contribution >= 4 is 17.9 Å². The molecule has 1 aromatic rings. The van der Waals surface area contributed by atoms with Gasteiger partial charge in [-0.1, -0.05) is 30.3 Å². The Morgan fingerprint density at radius 1 is 1.04 bits per heavy atom. The predicted octanol–water partition coefficient (Wildman–Crippen LogP) is 1.43. The van der Waals surface area contributed by atoms with Crippen molar-refractivity contribution in [3.8, 4) is 0 Å². The van der Waals surface area contributed by atoms with Crippen LogP contribution >= 0.6 is 0 Å². The van der Waals surface area contributed by atoms with Crippen LogP contribution in [0.15, 0.2) is 30.3 Å². The lowest BCUT2D eigenvalue weighted by Crippen LogP contribution is -2.54. The first-order chi connectivity index (χ1) is 13.1. The molecule has 146 valence electrons. The second-order valence-corrected chi connectivity index (χ2v) is 7.05. The van der Waals surface area contributed by atoms with Gasteiger partial charge in [-0.3, -0.25) is 9.59 Å². The molecule has 0 radical (unpaired) electrons. The van der Waals surface area contributed by atoms with E-state index in [1.54, 1.807) is 16.7 Å². The van der Waals surface area contributed by atoms with E-state index in [0.29, 0.717) is 52.2 Å². The molecule has 0 aromatic heterocycles. The lowest BCUT2D eigenvalue weighted by molar-refractivity contribution is -0.145. The second kappa shape index (κ2) is 8.41. The maximum Gasteiger partial charge on any atom is 0.409 e. The molecule has 1 aliphatic carbocycles. The Morgan fingerprint density at radius 3 is 2.26 bits per heavy atom. The van der Waals surface area contributed by atoms with Crippen molar-refractivity contribution in [3.63, 3.8) is 0 Å². The third-order valence-corrected chi connectivity index (χ3v) is 5.23. The molecule has 7 heteroatoms. The maximum atomic E-state index is 12.9. The van der Waals surface area contributed by atoms with E-state index in [-0.39, 0.29) is 17.9 Å². The van der Waals surface area contributed by atoms with Gasteiger partial charge in [0.2, 0.25) is 11.8 Å². The molecule has 1 aromatic carbocycles. The molecule has 27 heavy (non-hydrogen) atoms. The highest BCUT2D eigenvalue weighted by atomic mass is 16.6. The Balaban J connectivity index is 1.48. The highest BCUT2D eigenvalue weighted by Gasteiger charge is 2.58. The topological polar surface area (TPSA) is 79.0 Å². The molecule has 3 rings (SSSR count). The molecule has 1 aliphatic heterocycles. The van der Waals surface area contributed by atoms with E-state index in [9.17, 15) is 14.4 Å². The van der Waals surface area contributed by atoms with Crippen molar-refractivity contribution in [2.75, 3.05) is 39.3 Å². The van der Waals surface area contributed by atoms with Crippen molar-refractivity contribution in [1.29, 1.82) is 0 Å². The Labute approximate surface area is 159 Å². The minimum atomic E-state index is -0.900. The molecular formula is C20H27N3O4. The highest BCUT2D eigenvalue weighted by Crippen LogP contribution is 2.47. The van der Waals surface area contributed by atoms with Gasteiger partial charge in [-0.05, 0) is 31.7 Å². The number of hydrogen-bond donors (Lipinski definition) is 1. The number of rotatable bonds is 6. The van der Waals surface area contributed by atoms with E-state index in [1.165, 1.54) is 0 Å². The number of carbonyl (C=O) groups is 3. The standard InChI is InChI=1S/C20H27N3O4/c1-2-27-19(26)23-14-12-22(13-15-23)18(25)20(9-10-20)17(24)21-11-8-16-6-4-3-5-7-16/h3-7H,2,8-15H2,1H3,(H,21,24). The lowest BCUT2D eigenvalue weighted by atomic mass is 10.0. The molecule has 2 fully saturated rings. The summed E-state index contributed by atoms with van der Waals surface area (Å²) in [5, 5.41) is 2.93. The SMILES string of the molecule is CCOC(=O)N1CCN(C(=O)C2(C(=O)NCCc3ccccc3)CC2)CC1. The molecule has 0 unspecified atom stereocenters. The number of piperazine rings is 1. The molecule has 3 amide bonds. The summed E-state index contributed by atoms with van der Waals surface area (Å²) in [7, 11) is 0. The summed E-state index contributed by atoms with van der Waals surface area (Å²) in [6, 6.07) is 9.94. The van der Waals surface area contributed by atoms with E-state index in [4.69, 9.17) is 4.74 Å². The quantitative estimate of drug-likeness (QED) is 0.765. The third-order valence-electron chi connectivity index (χ3n) is 5.23. The zero-order chi connectivity index (χ0) is 19.3. The van der Waals surface area contributed by atoms with Crippen LogP contribution in [-0.4, -0.2) is 67.0 Å². The van der Waals surface area contributed by atoms with Crippen LogP contribution in [0.1, 0.15) is 25.3 Å². The minimum absolute atomic E-state index is 0.108. The number of nitrogens with one attached hydrogen (secondary N) is 1. The number of hydrogen-bond acceptors (Lipinski definition) is 4. The number of benzene rings is 1. The van der Waals surface area contributed by atoms with Gasteiger partial charge in [-0.2, -0.15) is 0 Å². The minimum Gasteiger partial charge on any atom is -0.450 e. The Bertz CT molecular complexity index is 680. The first-order valence-electron chi connectivity index (χ1n) is 9.60. The molecule has 1 saturated heterocycles. The average molecular weight is 373 g/mol. The van der Waals surface area contributed by atoms with Gasteiger partial charge in [0, 0.05) is 32.7 Å². The van der Waals surface area contributed by atoms with Gasteiger partial charge in [0.15, 0.2) is 0 Å². The van der Waals surface area contributed by atoms with Crippen molar-refractivity contribution in [3.05, 3.63) is 35.9 Å². The average Bonchev–Trinajstić information content (AvgIpc) is 3.50. The van der Waals surface area contributed by atoms with Crippen molar-refractivity contribution < 1.29 is 19.1 Å².